The van der Waals surface area contributed by atoms with E-state index in [0.29, 0.717) is 13.0 Å². The maximum atomic E-state index is 11.9. The number of hydrogen-bond donors (Lipinski definition) is 1. The lowest BCUT2D eigenvalue weighted by molar-refractivity contribution is -0.120. The summed E-state index contributed by atoms with van der Waals surface area (Å²) < 4.78 is 10.5. The Balaban J connectivity index is 1.72. The third-order valence-electron chi connectivity index (χ3n) is 3.40. The number of ether oxygens (including phenoxy) is 2. The predicted octanol–water partition coefficient (Wildman–Crippen LogP) is 0.686. The Kier molecular flexibility index (Phi) is 5.83. The molecule has 1 aliphatic rings. The lowest BCUT2D eigenvalue weighted by Crippen LogP contribution is -2.41. The van der Waals surface area contributed by atoms with Crippen LogP contribution < -0.4 is 10.1 Å². The van der Waals surface area contributed by atoms with Gasteiger partial charge in [0, 0.05) is 31.7 Å². The van der Waals surface area contributed by atoms with Crippen molar-refractivity contribution in [1.82, 2.24) is 10.2 Å². The average molecular weight is 278 g/mol. The van der Waals surface area contributed by atoms with Gasteiger partial charge in [-0.05, 0) is 6.07 Å². The summed E-state index contributed by atoms with van der Waals surface area (Å²) in [5.74, 6) is 0.790. The van der Waals surface area contributed by atoms with Gasteiger partial charge in [-0.25, -0.2) is 0 Å². The minimum absolute atomic E-state index is 0.0303. The lowest BCUT2D eigenvalue weighted by Gasteiger charge is -2.26. The quantitative estimate of drug-likeness (QED) is 0.831. The van der Waals surface area contributed by atoms with E-state index in [0.717, 1.165) is 44.2 Å². The second kappa shape index (κ2) is 7.87. The Morgan fingerprint density at radius 2 is 2.10 bits per heavy atom. The summed E-state index contributed by atoms with van der Waals surface area (Å²) >= 11 is 0. The average Bonchev–Trinajstić information content (AvgIpc) is 2.49. The standard InChI is InChI=1S/C15H22N2O3/c1-19-14-5-3-2-4-13(14)12-15(18)16-6-7-17-8-10-20-11-9-17/h2-5H,6-12H2,1H3,(H,16,18). The molecule has 2 rings (SSSR count). The van der Waals surface area contributed by atoms with E-state index in [1.165, 1.54) is 0 Å². The van der Waals surface area contributed by atoms with Gasteiger partial charge in [0.1, 0.15) is 5.75 Å². The summed E-state index contributed by atoms with van der Waals surface area (Å²) in [6.45, 7) is 5.02. The van der Waals surface area contributed by atoms with Gasteiger partial charge < -0.3 is 14.8 Å². The van der Waals surface area contributed by atoms with Crippen LogP contribution in [0.25, 0.3) is 0 Å². The van der Waals surface area contributed by atoms with E-state index < -0.39 is 0 Å². The maximum absolute atomic E-state index is 11.9. The molecule has 1 aromatic carbocycles. The summed E-state index contributed by atoms with van der Waals surface area (Å²) in [6, 6.07) is 7.61. The second-order valence-electron chi connectivity index (χ2n) is 4.79. The summed E-state index contributed by atoms with van der Waals surface area (Å²) in [5, 5.41) is 2.95. The fourth-order valence-electron chi connectivity index (χ4n) is 2.26. The Morgan fingerprint density at radius 1 is 1.35 bits per heavy atom. The number of amides is 1. The highest BCUT2D eigenvalue weighted by Crippen LogP contribution is 2.17. The van der Waals surface area contributed by atoms with Crippen LogP contribution in [0.15, 0.2) is 24.3 Å². The fraction of sp³-hybridized carbons (Fsp3) is 0.533. The van der Waals surface area contributed by atoms with Crippen molar-refractivity contribution in [3.63, 3.8) is 0 Å². The Bertz CT molecular complexity index is 431. The van der Waals surface area contributed by atoms with Gasteiger partial charge in [-0.15, -0.1) is 0 Å². The molecule has 1 amide bonds. The van der Waals surface area contributed by atoms with Gasteiger partial charge in [0.2, 0.25) is 5.91 Å². The molecule has 1 aliphatic heterocycles. The van der Waals surface area contributed by atoms with E-state index in [4.69, 9.17) is 9.47 Å². The first-order valence-corrected chi connectivity index (χ1v) is 6.98. The molecule has 110 valence electrons. The molecule has 0 atom stereocenters. The molecule has 0 aliphatic carbocycles. The molecular formula is C15H22N2O3. The van der Waals surface area contributed by atoms with Crippen molar-refractivity contribution in [2.45, 2.75) is 6.42 Å². The zero-order valence-electron chi connectivity index (χ0n) is 11.9. The number of carbonyl (C=O) groups is 1. The number of nitrogens with one attached hydrogen (secondary N) is 1. The minimum atomic E-state index is 0.0303. The van der Waals surface area contributed by atoms with Crippen LogP contribution in [0.4, 0.5) is 0 Å². The van der Waals surface area contributed by atoms with E-state index in [9.17, 15) is 4.79 Å². The molecule has 0 aromatic heterocycles. The number of hydrogen-bond acceptors (Lipinski definition) is 4. The van der Waals surface area contributed by atoms with Crippen LogP contribution in [0, 0.1) is 0 Å². The molecule has 5 heteroatoms. The molecule has 0 bridgehead atoms. The molecule has 0 saturated carbocycles. The summed E-state index contributed by atoms with van der Waals surface area (Å²) in [4.78, 5) is 14.2. The Morgan fingerprint density at radius 3 is 2.85 bits per heavy atom. The third kappa shape index (κ3) is 4.51. The van der Waals surface area contributed by atoms with Crippen LogP contribution in [0.2, 0.25) is 0 Å². The second-order valence-corrected chi connectivity index (χ2v) is 4.79. The number of nitrogens with zero attached hydrogens (tertiary/aromatic N) is 1. The lowest BCUT2D eigenvalue weighted by atomic mass is 10.1. The molecule has 0 unspecified atom stereocenters. The van der Waals surface area contributed by atoms with Crippen LogP contribution in [0.5, 0.6) is 5.75 Å². The SMILES string of the molecule is COc1ccccc1CC(=O)NCCN1CCOCC1. The van der Waals surface area contributed by atoms with Gasteiger partial charge in [-0.2, -0.15) is 0 Å². The molecule has 5 nitrogen and oxygen atoms in total. The zero-order chi connectivity index (χ0) is 14.2. The number of morpholine rings is 1. The van der Waals surface area contributed by atoms with Gasteiger partial charge in [-0.1, -0.05) is 18.2 Å². The third-order valence-corrected chi connectivity index (χ3v) is 3.40. The minimum Gasteiger partial charge on any atom is -0.496 e. The number of methoxy groups -OCH3 is 1. The van der Waals surface area contributed by atoms with Gasteiger partial charge in [0.05, 0.1) is 26.7 Å². The van der Waals surface area contributed by atoms with Crippen molar-refractivity contribution >= 4 is 5.91 Å². The highest BCUT2D eigenvalue weighted by atomic mass is 16.5. The molecule has 20 heavy (non-hydrogen) atoms. The van der Waals surface area contributed by atoms with Crippen LogP contribution in [0.3, 0.4) is 0 Å². The van der Waals surface area contributed by atoms with Crippen molar-refractivity contribution < 1.29 is 14.3 Å². The van der Waals surface area contributed by atoms with Crippen LogP contribution in [0.1, 0.15) is 5.56 Å². The maximum Gasteiger partial charge on any atom is 0.224 e. The molecule has 0 radical (unpaired) electrons. The van der Waals surface area contributed by atoms with Crippen LogP contribution in [-0.4, -0.2) is 57.3 Å². The normalized spacial score (nSPS) is 15.8. The van der Waals surface area contributed by atoms with E-state index in [1.807, 2.05) is 24.3 Å². The van der Waals surface area contributed by atoms with Crippen molar-refractivity contribution in [3.8, 4) is 5.75 Å². The van der Waals surface area contributed by atoms with Crippen molar-refractivity contribution in [1.29, 1.82) is 0 Å². The Labute approximate surface area is 119 Å². The van der Waals surface area contributed by atoms with Gasteiger partial charge >= 0.3 is 0 Å². The molecule has 0 spiro atoms. The van der Waals surface area contributed by atoms with Crippen LogP contribution in [-0.2, 0) is 16.0 Å². The number of para-hydroxylation sites is 1. The van der Waals surface area contributed by atoms with E-state index >= 15 is 0 Å². The molecule has 1 N–H and O–H groups in total. The number of carbonyl (C=O) groups excluding carboxylic acids is 1. The molecule has 1 saturated heterocycles. The van der Waals surface area contributed by atoms with Crippen molar-refractivity contribution in [2.24, 2.45) is 0 Å². The Hall–Kier alpha value is -1.59. The first-order chi connectivity index (χ1) is 9.79. The van der Waals surface area contributed by atoms with Gasteiger partial charge in [0.15, 0.2) is 0 Å². The molecular weight excluding hydrogens is 256 g/mol. The van der Waals surface area contributed by atoms with Crippen molar-refractivity contribution in [3.05, 3.63) is 29.8 Å². The first-order valence-electron chi connectivity index (χ1n) is 6.98. The van der Waals surface area contributed by atoms with Crippen LogP contribution >= 0.6 is 0 Å². The number of rotatable bonds is 6. The molecule has 1 heterocycles. The first kappa shape index (κ1) is 14.8. The molecule has 1 fully saturated rings. The zero-order valence-corrected chi connectivity index (χ0v) is 11.9. The summed E-state index contributed by atoms with van der Waals surface area (Å²) in [6.07, 6.45) is 0.354. The van der Waals surface area contributed by atoms with Crippen molar-refractivity contribution in [2.75, 3.05) is 46.5 Å². The highest BCUT2D eigenvalue weighted by molar-refractivity contribution is 5.79. The highest BCUT2D eigenvalue weighted by Gasteiger charge is 2.11. The van der Waals surface area contributed by atoms with E-state index in [-0.39, 0.29) is 5.91 Å². The fourth-order valence-corrected chi connectivity index (χ4v) is 2.26. The van der Waals surface area contributed by atoms with Gasteiger partial charge in [0.25, 0.3) is 0 Å². The number of benzene rings is 1. The van der Waals surface area contributed by atoms with Gasteiger partial charge in [-0.3, -0.25) is 9.69 Å². The molecule has 1 aromatic rings. The largest absolute Gasteiger partial charge is 0.496 e. The summed E-state index contributed by atoms with van der Waals surface area (Å²) in [7, 11) is 1.62. The van der Waals surface area contributed by atoms with E-state index in [1.54, 1.807) is 7.11 Å². The smallest absolute Gasteiger partial charge is 0.224 e. The predicted molar refractivity (Wildman–Crippen MR) is 77.0 cm³/mol. The monoisotopic (exact) mass is 278 g/mol. The topological polar surface area (TPSA) is 50.8 Å². The summed E-state index contributed by atoms with van der Waals surface area (Å²) in [5.41, 5.74) is 0.916. The van der Waals surface area contributed by atoms with E-state index in [2.05, 4.69) is 10.2 Å².